The zero-order chi connectivity index (χ0) is 12.4. The van der Waals surface area contributed by atoms with E-state index >= 15 is 0 Å². The quantitative estimate of drug-likeness (QED) is 0.768. The van der Waals surface area contributed by atoms with Crippen LogP contribution < -0.4 is 5.73 Å². The second kappa shape index (κ2) is 5.02. The van der Waals surface area contributed by atoms with E-state index in [0.717, 1.165) is 19.4 Å². The minimum absolute atomic E-state index is 0.0983. The van der Waals surface area contributed by atoms with Crippen molar-refractivity contribution in [2.75, 3.05) is 31.6 Å². The highest BCUT2D eigenvalue weighted by molar-refractivity contribution is 7.91. The molecular formula is C11H24N2O2S. The third-order valence-corrected chi connectivity index (χ3v) is 5.56. The summed E-state index contributed by atoms with van der Waals surface area (Å²) in [5, 5.41) is 0. The Labute approximate surface area is 99.1 Å². The molecule has 2 N–H and O–H groups in total. The van der Waals surface area contributed by atoms with Gasteiger partial charge in [-0.25, -0.2) is 8.42 Å². The average molecular weight is 248 g/mol. The van der Waals surface area contributed by atoms with E-state index in [1.807, 2.05) is 7.05 Å². The van der Waals surface area contributed by atoms with Crippen molar-refractivity contribution in [2.45, 2.75) is 32.7 Å². The van der Waals surface area contributed by atoms with Crippen molar-refractivity contribution in [3.05, 3.63) is 0 Å². The molecule has 0 aromatic heterocycles. The Morgan fingerprint density at radius 1 is 1.50 bits per heavy atom. The van der Waals surface area contributed by atoms with Crippen LogP contribution in [0.2, 0.25) is 0 Å². The predicted octanol–water partition coefficient (Wildman–Crippen LogP) is 0.480. The Hall–Kier alpha value is -0.130. The molecular weight excluding hydrogens is 224 g/mol. The maximum Gasteiger partial charge on any atom is 0.151 e. The molecule has 1 aliphatic rings. The highest BCUT2D eigenvalue weighted by atomic mass is 32.2. The number of hydrogen-bond acceptors (Lipinski definition) is 4. The summed E-state index contributed by atoms with van der Waals surface area (Å²) in [6.07, 6.45) is 1.79. The van der Waals surface area contributed by atoms with E-state index in [2.05, 4.69) is 18.7 Å². The van der Waals surface area contributed by atoms with Crippen molar-refractivity contribution in [1.82, 2.24) is 4.90 Å². The molecule has 0 radical (unpaired) electrons. The van der Waals surface area contributed by atoms with Crippen LogP contribution in [-0.2, 0) is 9.84 Å². The summed E-state index contributed by atoms with van der Waals surface area (Å²) < 4.78 is 22.8. The van der Waals surface area contributed by atoms with Crippen molar-refractivity contribution in [2.24, 2.45) is 11.1 Å². The van der Waals surface area contributed by atoms with Crippen molar-refractivity contribution in [3.8, 4) is 0 Å². The van der Waals surface area contributed by atoms with Gasteiger partial charge in [-0.05, 0) is 31.8 Å². The highest BCUT2D eigenvalue weighted by Gasteiger charge is 2.33. The van der Waals surface area contributed by atoms with Gasteiger partial charge in [-0.1, -0.05) is 13.8 Å². The summed E-state index contributed by atoms with van der Waals surface area (Å²) in [4.78, 5) is 2.17. The fourth-order valence-electron chi connectivity index (χ4n) is 2.17. The Bertz CT molecular complexity index is 323. The minimum Gasteiger partial charge on any atom is -0.330 e. The molecule has 2 unspecified atom stereocenters. The van der Waals surface area contributed by atoms with E-state index in [0.29, 0.717) is 18.1 Å². The van der Waals surface area contributed by atoms with Gasteiger partial charge in [0.05, 0.1) is 11.5 Å². The standard InChI is InChI=1S/C11H24N2O2S/c1-4-11(2,8-12)9-13(3)10-5-6-16(14,15)7-10/h10H,4-9,12H2,1-3H3. The van der Waals surface area contributed by atoms with Crippen LogP contribution in [0.4, 0.5) is 0 Å². The molecule has 96 valence electrons. The van der Waals surface area contributed by atoms with Gasteiger partial charge in [-0.2, -0.15) is 0 Å². The first-order valence-electron chi connectivity index (χ1n) is 5.92. The van der Waals surface area contributed by atoms with Gasteiger partial charge in [-0.3, -0.25) is 0 Å². The Balaban J connectivity index is 2.56. The molecule has 0 aliphatic carbocycles. The van der Waals surface area contributed by atoms with Crippen LogP contribution in [0.25, 0.3) is 0 Å². The number of nitrogens with two attached hydrogens (primary N) is 1. The summed E-state index contributed by atoms with van der Waals surface area (Å²) in [5.41, 5.74) is 5.87. The summed E-state index contributed by atoms with van der Waals surface area (Å²) in [7, 11) is -0.773. The van der Waals surface area contributed by atoms with E-state index in [1.54, 1.807) is 0 Å². The van der Waals surface area contributed by atoms with Crippen molar-refractivity contribution >= 4 is 9.84 Å². The SMILES string of the molecule is CCC(C)(CN)CN(C)C1CCS(=O)(=O)C1. The van der Waals surface area contributed by atoms with Gasteiger partial charge in [0, 0.05) is 12.6 Å². The Kier molecular flexibility index (Phi) is 4.37. The number of nitrogens with zero attached hydrogens (tertiary/aromatic N) is 1. The highest BCUT2D eigenvalue weighted by Crippen LogP contribution is 2.24. The maximum absolute atomic E-state index is 11.4. The summed E-state index contributed by atoms with van der Waals surface area (Å²) >= 11 is 0. The summed E-state index contributed by atoms with van der Waals surface area (Å²) in [5.74, 6) is 0.654. The molecule has 1 aliphatic heterocycles. The molecule has 1 fully saturated rings. The van der Waals surface area contributed by atoms with Gasteiger partial charge < -0.3 is 10.6 Å². The molecule has 0 aromatic rings. The van der Waals surface area contributed by atoms with Gasteiger partial charge in [0.15, 0.2) is 9.84 Å². The first kappa shape index (κ1) is 13.9. The van der Waals surface area contributed by atoms with E-state index in [1.165, 1.54) is 0 Å². The third-order valence-electron chi connectivity index (χ3n) is 3.81. The van der Waals surface area contributed by atoms with Gasteiger partial charge in [0.2, 0.25) is 0 Å². The lowest BCUT2D eigenvalue weighted by molar-refractivity contribution is 0.158. The molecule has 0 saturated carbocycles. The van der Waals surface area contributed by atoms with Gasteiger partial charge in [0.1, 0.15) is 0 Å². The fourth-order valence-corrected chi connectivity index (χ4v) is 3.98. The molecule has 16 heavy (non-hydrogen) atoms. The maximum atomic E-state index is 11.4. The van der Waals surface area contributed by atoms with Crippen LogP contribution in [0.5, 0.6) is 0 Å². The lowest BCUT2D eigenvalue weighted by Gasteiger charge is -2.34. The third kappa shape index (κ3) is 3.43. The topological polar surface area (TPSA) is 63.4 Å². The van der Waals surface area contributed by atoms with Gasteiger partial charge in [-0.15, -0.1) is 0 Å². The zero-order valence-electron chi connectivity index (χ0n) is 10.6. The second-order valence-electron chi connectivity index (χ2n) is 5.34. The largest absolute Gasteiger partial charge is 0.330 e. The second-order valence-corrected chi connectivity index (χ2v) is 7.57. The fraction of sp³-hybridized carbons (Fsp3) is 1.00. The molecule has 0 amide bonds. The Morgan fingerprint density at radius 2 is 2.12 bits per heavy atom. The lowest BCUT2D eigenvalue weighted by atomic mass is 9.87. The van der Waals surface area contributed by atoms with Crippen LogP contribution in [0.3, 0.4) is 0 Å². The normalized spacial score (nSPS) is 28.2. The first-order chi connectivity index (χ1) is 7.32. The smallest absolute Gasteiger partial charge is 0.151 e. The summed E-state index contributed by atoms with van der Waals surface area (Å²) in [6, 6.07) is 0.183. The molecule has 0 spiro atoms. The Morgan fingerprint density at radius 3 is 2.50 bits per heavy atom. The molecule has 5 heteroatoms. The predicted molar refractivity (Wildman–Crippen MR) is 67.1 cm³/mol. The molecule has 1 heterocycles. The van der Waals surface area contributed by atoms with Crippen LogP contribution in [0, 0.1) is 5.41 Å². The van der Waals surface area contributed by atoms with E-state index in [4.69, 9.17) is 5.73 Å². The molecule has 2 atom stereocenters. The van der Waals surface area contributed by atoms with Crippen LogP contribution in [0.15, 0.2) is 0 Å². The van der Waals surface area contributed by atoms with Crippen molar-refractivity contribution in [1.29, 1.82) is 0 Å². The van der Waals surface area contributed by atoms with E-state index in [-0.39, 0.29) is 11.5 Å². The minimum atomic E-state index is -2.78. The van der Waals surface area contributed by atoms with Gasteiger partial charge in [0.25, 0.3) is 0 Å². The van der Waals surface area contributed by atoms with E-state index < -0.39 is 9.84 Å². The van der Waals surface area contributed by atoms with Gasteiger partial charge >= 0.3 is 0 Å². The zero-order valence-corrected chi connectivity index (χ0v) is 11.4. The number of hydrogen-bond donors (Lipinski definition) is 1. The van der Waals surface area contributed by atoms with Crippen LogP contribution in [-0.4, -0.2) is 51.0 Å². The van der Waals surface area contributed by atoms with Crippen LogP contribution in [0.1, 0.15) is 26.7 Å². The average Bonchev–Trinajstić information content (AvgIpc) is 2.58. The molecule has 0 bridgehead atoms. The monoisotopic (exact) mass is 248 g/mol. The van der Waals surface area contributed by atoms with Crippen LogP contribution >= 0.6 is 0 Å². The molecule has 0 aromatic carbocycles. The van der Waals surface area contributed by atoms with Crippen molar-refractivity contribution < 1.29 is 8.42 Å². The van der Waals surface area contributed by atoms with Crippen molar-refractivity contribution in [3.63, 3.8) is 0 Å². The molecule has 1 rings (SSSR count). The molecule has 1 saturated heterocycles. The number of rotatable bonds is 5. The first-order valence-corrected chi connectivity index (χ1v) is 7.75. The lowest BCUT2D eigenvalue weighted by Crippen LogP contribution is -2.43. The number of sulfone groups is 1. The molecule has 4 nitrogen and oxygen atoms in total. The van der Waals surface area contributed by atoms with E-state index in [9.17, 15) is 8.42 Å². The summed E-state index contributed by atoms with van der Waals surface area (Å²) in [6.45, 7) is 5.81.